The lowest BCUT2D eigenvalue weighted by molar-refractivity contribution is -0.153. The molecule has 0 aromatic carbocycles. The topological polar surface area (TPSA) is 98.2 Å². The molecule has 138 valence electrons. The van der Waals surface area contributed by atoms with Gasteiger partial charge in [0.25, 0.3) is 5.91 Å². The average Bonchev–Trinajstić information content (AvgIpc) is 2.78. The van der Waals surface area contributed by atoms with E-state index >= 15 is 0 Å². The molecule has 1 aliphatic carbocycles. The molecule has 0 bridgehead atoms. The summed E-state index contributed by atoms with van der Waals surface area (Å²) in [6, 6.07) is -1.32. The summed E-state index contributed by atoms with van der Waals surface area (Å²) >= 11 is 0. The third kappa shape index (κ3) is 2.87. The Morgan fingerprint density at radius 2 is 1.80 bits per heavy atom. The third-order valence-electron chi connectivity index (χ3n) is 5.89. The van der Waals surface area contributed by atoms with Crippen molar-refractivity contribution in [1.29, 1.82) is 0 Å². The Morgan fingerprint density at radius 1 is 1.12 bits per heavy atom. The van der Waals surface area contributed by atoms with Crippen LogP contribution >= 0.6 is 0 Å². The summed E-state index contributed by atoms with van der Waals surface area (Å²) in [5.41, 5.74) is -0.816. The summed E-state index contributed by atoms with van der Waals surface area (Å²) in [7, 11) is 1.62. The zero-order chi connectivity index (χ0) is 18.2. The highest BCUT2D eigenvalue weighted by atomic mass is 16.4. The molecule has 3 aliphatic rings. The summed E-state index contributed by atoms with van der Waals surface area (Å²) in [5.74, 6) is -1.81. The second kappa shape index (κ2) is 6.65. The van der Waals surface area contributed by atoms with Crippen LogP contribution in [0.2, 0.25) is 0 Å². The molecule has 2 heterocycles. The number of imide groups is 1. The number of urea groups is 1. The highest BCUT2D eigenvalue weighted by Crippen LogP contribution is 2.39. The summed E-state index contributed by atoms with van der Waals surface area (Å²) in [5, 5.41) is 9.31. The number of carbonyl (C=O) groups is 4. The van der Waals surface area contributed by atoms with Crippen molar-refractivity contribution in [3.8, 4) is 0 Å². The molecule has 25 heavy (non-hydrogen) atoms. The predicted molar refractivity (Wildman–Crippen MR) is 87.7 cm³/mol. The van der Waals surface area contributed by atoms with Gasteiger partial charge in [0, 0.05) is 13.6 Å². The first-order chi connectivity index (χ1) is 11.9. The molecule has 3 fully saturated rings. The summed E-state index contributed by atoms with van der Waals surface area (Å²) in [4.78, 5) is 53.3. The first kappa shape index (κ1) is 17.7. The van der Waals surface area contributed by atoms with E-state index in [1.54, 1.807) is 7.05 Å². The number of amides is 4. The number of hydrogen-bond acceptors (Lipinski definition) is 4. The van der Waals surface area contributed by atoms with Crippen molar-refractivity contribution in [3.05, 3.63) is 0 Å². The highest BCUT2D eigenvalue weighted by Gasteiger charge is 2.56. The van der Waals surface area contributed by atoms with Crippen molar-refractivity contribution in [2.75, 3.05) is 20.1 Å². The molecule has 8 heteroatoms. The SMILES string of the molecule is CN1C(=O)N(CC(=O)N2CCCCC2C(=O)O)C(=O)C12CCCCC2. The Labute approximate surface area is 146 Å². The highest BCUT2D eigenvalue weighted by molar-refractivity contribution is 6.09. The fourth-order valence-electron chi connectivity index (χ4n) is 4.38. The first-order valence-corrected chi connectivity index (χ1v) is 9.00. The quantitative estimate of drug-likeness (QED) is 0.766. The van der Waals surface area contributed by atoms with Gasteiger partial charge >= 0.3 is 12.0 Å². The van der Waals surface area contributed by atoms with Gasteiger partial charge in [-0.3, -0.25) is 14.5 Å². The van der Waals surface area contributed by atoms with Crippen LogP contribution in [0.4, 0.5) is 4.79 Å². The van der Waals surface area contributed by atoms with Gasteiger partial charge in [0.2, 0.25) is 5.91 Å². The van der Waals surface area contributed by atoms with Crippen LogP contribution in [0.15, 0.2) is 0 Å². The van der Waals surface area contributed by atoms with Crippen LogP contribution in [-0.2, 0) is 14.4 Å². The zero-order valence-corrected chi connectivity index (χ0v) is 14.6. The Hall–Kier alpha value is -2.12. The van der Waals surface area contributed by atoms with Gasteiger partial charge in [-0.1, -0.05) is 19.3 Å². The molecule has 2 saturated heterocycles. The number of piperidine rings is 1. The van der Waals surface area contributed by atoms with Crippen molar-refractivity contribution in [3.63, 3.8) is 0 Å². The van der Waals surface area contributed by atoms with Gasteiger partial charge in [-0.2, -0.15) is 0 Å². The van der Waals surface area contributed by atoms with Gasteiger partial charge in [-0.15, -0.1) is 0 Å². The molecule has 2 aliphatic heterocycles. The van der Waals surface area contributed by atoms with E-state index in [1.165, 1.54) is 9.80 Å². The second-order valence-electron chi connectivity index (χ2n) is 7.26. The van der Waals surface area contributed by atoms with Crippen LogP contribution in [-0.4, -0.2) is 75.3 Å². The van der Waals surface area contributed by atoms with E-state index in [-0.39, 0.29) is 12.5 Å². The van der Waals surface area contributed by atoms with Gasteiger partial charge in [-0.05, 0) is 32.1 Å². The second-order valence-corrected chi connectivity index (χ2v) is 7.26. The smallest absolute Gasteiger partial charge is 0.327 e. The number of carbonyl (C=O) groups excluding carboxylic acids is 3. The molecule has 4 amide bonds. The molecule has 1 saturated carbocycles. The maximum atomic E-state index is 12.9. The fourth-order valence-corrected chi connectivity index (χ4v) is 4.38. The number of nitrogens with zero attached hydrogens (tertiary/aromatic N) is 3. The number of likely N-dealkylation sites (tertiary alicyclic amines) is 1. The van der Waals surface area contributed by atoms with Gasteiger partial charge < -0.3 is 14.9 Å². The minimum Gasteiger partial charge on any atom is -0.480 e. The molecule has 8 nitrogen and oxygen atoms in total. The Kier molecular flexibility index (Phi) is 4.71. The summed E-state index contributed by atoms with van der Waals surface area (Å²) < 4.78 is 0. The number of rotatable bonds is 3. The van der Waals surface area contributed by atoms with Crippen LogP contribution in [0.25, 0.3) is 0 Å². The van der Waals surface area contributed by atoms with Gasteiger partial charge in [0.1, 0.15) is 18.1 Å². The molecular formula is C17H25N3O5. The molecule has 1 spiro atoms. The lowest BCUT2D eigenvalue weighted by Gasteiger charge is -2.36. The van der Waals surface area contributed by atoms with Crippen LogP contribution in [0.5, 0.6) is 0 Å². The Morgan fingerprint density at radius 3 is 2.44 bits per heavy atom. The third-order valence-corrected chi connectivity index (χ3v) is 5.89. The molecule has 1 atom stereocenters. The van der Waals surface area contributed by atoms with E-state index in [4.69, 9.17) is 0 Å². The molecule has 3 rings (SSSR count). The van der Waals surface area contributed by atoms with Crippen molar-refractivity contribution < 1.29 is 24.3 Å². The summed E-state index contributed by atoms with van der Waals surface area (Å²) in [6.45, 7) is -0.0134. The molecular weight excluding hydrogens is 326 g/mol. The first-order valence-electron chi connectivity index (χ1n) is 9.00. The van der Waals surface area contributed by atoms with Gasteiger partial charge in [-0.25, -0.2) is 9.59 Å². The van der Waals surface area contributed by atoms with Gasteiger partial charge in [0.15, 0.2) is 0 Å². The van der Waals surface area contributed by atoms with Crippen LogP contribution < -0.4 is 0 Å². The fraction of sp³-hybridized carbons (Fsp3) is 0.765. The van der Waals surface area contributed by atoms with Crippen LogP contribution in [0.1, 0.15) is 51.4 Å². The van der Waals surface area contributed by atoms with E-state index in [1.807, 2.05) is 0 Å². The molecule has 0 aromatic heterocycles. The molecule has 0 aromatic rings. The van der Waals surface area contributed by atoms with Crippen molar-refractivity contribution >= 4 is 23.8 Å². The van der Waals surface area contributed by atoms with E-state index in [2.05, 4.69) is 0 Å². The number of aliphatic carboxylic acids is 1. The van der Waals surface area contributed by atoms with Crippen LogP contribution in [0.3, 0.4) is 0 Å². The van der Waals surface area contributed by atoms with E-state index in [0.29, 0.717) is 25.8 Å². The average molecular weight is 351 g/mol. The van der Waals surface area contributed by atoms with Crippen molar-refractivity contribution in [2.24, 2.45) is 0 Å². The van der Waals surface area contributed by atoms with Crippen molar-refractivity contribution in [1.82, 2.24) is 14.7 Å². The minimum atomic E-state index is -1.03. The van der Waals surface area contributed by atoms with E-state index in [9.17, 15) is 24.3 Å². The Bertz CT molecular complexity index is 599. The number of likely N-dealkylation sites (N-methyl/N-ethyl adjacent to an activating group) is 1. The zero-order valence-electron chi connectivity index (χ0n) is 14.6. The number of carboxylic acids is 1. The normalized spacial score (nSPS) is 26.4. The van der Waals surface area contributed by atoms with Gasteiger partial charge in [0.05, 0.1) is 0 Å². The monoisotopic (exact) mass is 351 g/mol. The lowest BCUT2D eigenvalue weighted by Crippen LogP contribution is -2.52. The number of hydrogen-bond donors (Lipinski definition) is 1. The van der Waals surface area contributed by atoms with Crippen LogP contribution in [0, 0.1) is 0 Å². The maximum Gasteiger partial charge on any atom is 0.327 e. The predicted octanol–water partition coefficient (Wildman–Crippen LogP) is 1.05. The largest absolute Gasteiger partial charge is 0.480 e. The van der Waals surface area contributed by atoms with E-state index < -0.39 is 29.5 Å². The Balaban J connectivity index is 1.75. The molecule has 1 N–H and O–H groups in total. The standard InChI is InChI=1S/C17H25N3O5/c1-18-16(25)20(15(24)17(18)8-4-2-5-9-17)11-13(21)19-10-6-3-7-12(19)14(22)23/h12H,2-11H2,1H3,(H,22,23). The number of carboxylic acid groups (broad SMARTS) is 1. The van der Waals surface area contributed by atoms with Crippen molar-refractivity contribution in [2.45, 2.75) is 62.9 Å². The van der Waals surface area contributed by atoms with E-state index in [0.717, 1.165) is 37.0 Å². The maximum absolute atomic E-state index is 12.9. The molecule has 0 radical (unpaired) electrons. The minimum absolute atomic E-state index is 0.308. The summed E-state index contributed by atoms with van der Waals surface area (Å²) in [6.07, 6.45) is 5.98. The molecule has 1 unspecified atom stereocenters. The lowest BCUT2D eigenvalue weighted by atomic mass is 9.81.